The van der Waals surface area contributed by atoms with Crippen molar-refractivity contribution in [2.24, 2.45) is 0 Å². The van der Waals surface area contributed by atoms with Gasteiger partial charge in [0.2, 0.25) is 11.6 Å². The maximum Gasteiger partial charge on any atom is 0.353 e. The highest BCUT2D eigenvalue weighted by Crippen LogP contribution is 2.33. The highest BCUT2D eigenvalue weighted by Gasteiger charge is 2.24. The van der Waals surface area contributed by atoms with Crippen LogP contribution < -0.4 is 10.6 Å². The van der Waals surface area contributed by atoms with Gasteiger partial charge in [-0.2, -0.15) is 0 Å². The number of carbonyl (C=O) groups is 2. The zero-order valence-corrected chi connectivity index (χ0v) is 16.1. The van der Waals surface area contributed by atoms with E-state index in [0.29, 0.717) is 16.9 Å². The molecule has 30 heavy (non-hydrogen) atoms. The quantitative estimate of drug-likeness (QED) is 0.259. The van der Waals surface area contributed by atoms with Crippen molar-refractivity contribution in [1.82, 2.24) is 9.97 Å². The van der Waals surface area contributed by atoms with Crippen LogP contribution >= 0.6 is 0 Å². The average molecular weight is 407 g/mol. The number of carbonyl (C=O) groups excluding carboxylic acids is 2. The van der Waals surface area contributed by atoms with Gasteiger partial charge in [0, 0.05) is 11.3 Å². The van der Waals surface area contributed by atoms with Crippen molar-refractivity contribution in [2.45, 2.75) is 6.92 Å². The van der Waals surface area contributed by atoms with Gasteiger partial charge in [0.05, 0.1) is 23.3 Å². The second-order valence-electron chi connectivity index (χ2n) is 6.10. The molecule has 3 rings (SSSR count). The molecule has 2 aromatic carbocycles. The molecule has 10 nitrogen and oxygen atoms in total. The Hall–Kier alpha value is -4.34. The SMILES string of the molecule is COC(=O)c1ccccc1Nc1ncnc(Nc2ccc(C(C)=O)cc2)c1[N+](=O)[O-]. The van der Waals surface area contributed by atoms with Crippen LogP contribution in [0.25, 0.3) is 0 Å². The number of anilines is 4. The van der Waals surface area contributed by atoms with Crippen LogP contribution in [-0.4, -0.2) is 33.8 Å². The van der Waals surface area contributed by atoms with E-state index in [9.17, 15) is 19.7 Å². The summed E-state index contributed by atoms with van der Waals surface area (Å²) in [6, 6.07) is 12.8. The Kier molecular flexibility index (Phi) is 5.97. The molecule has 0 amide bonds. The van der Waals surface area contributed by atoms with E-state index < -0.39 is 16.6 Å². The fourth-order valence-electron chi connectivity index (χ4n) is 2.67. The topological polar surface area (TPSA) is 136 Å². The average Bonchev–Trinajstić information content (AvgIpc) is 2.74. The van der Waals surface area contributed by atoms with Gasteiger partial charge in [-0.05, 0) is 43.3 Å². The number of benzene rings is 2. The highest BCUT2D eigenvalue weighted by molar-refractivity contribution is 5.97. The molecule has 0 atom stereocenters. The summed E-state index contributed by atoms with van der Waals surface area (Å²) in [6.07, 6.45) is 1.16. The lowest BCUT2D eigenvalue weighted by atomic mass is 10.1. The van der Waals surface area contributed by atoms with E-state index in [1.165, 1.54) is 20.1 Å². The summed E-state index contributed by atoms with van der Waals surface area (Å²) in [4.78, 5) is 42.4. The number of nitrogens with zero attached hydrogens (tertiary/aromatic N) is 3. The molecule has 2 N–H and O–H groups in total. The standard InChI is InChI=1S/C20H17N5O5/c1-12(26)13-7-9-14(10-8-13)23-18-17(25(28)29)19(22-11-21-18)24-16-6-4-3-5-15(16)20(27)30-2/h3-11H,1-2H3,(H2,21,22,23,24). The zero-order chi connectivity index (χ0) is 21.7. The molecule has 152 valence electrons. The first-order valence-electron chi connectivity index (χ1n) is 8.72. The fourth-order valence-corrected chi connectivity index (χ4v) is 2.67. The molecule has 3 aromatic rings. The number of hydrogen-bond acceptors (Lipinski definition) is 9. The first kappa shape index (κ1) is 20.4. The molecule has 0 spiro atoms. The number of nitrogens with one attached hydrogen (secondary N) is 2. The number of ketones is 1. The van der Waals surface area contributed by atoms with E-state index in [1.54, 1.807) is 42.5 Å². The summed E-state index contributed by atoms with van der Waals surface area (Å²) in [5, 5.41) is 17.4. The zero-order valence-electron chi connectivity index (χ0n) is 16.1. The maximum atomic E-state index is 12.0. The normalized spacial score (nSPS) is 10.2. The Balaban J connectivity index is 1.97. The monoisotopic (exact) mass is 407 g/mol. The fraction of sp³-hybridized carbons (Fsp3) is 0.100. The van der Waals surface area contributed by atoms with E-state index in [0.717, 1.165) is 6.33 Å². The molecule has 0 bridgehead atoms. The van der Waals surface area contributed by atoms with E-state index in [1.807, 2.05) is 0 Å². The van der Waals surface area contributed by atoms with Gasteiger partial charge in [-0.3, -0.25) is 14.9 Å². The lowest BCUT2D eigenvalue weighted by Crippen LogP contribution is -2.09. The first-order chi connectivity index (χ1) is 14.4. The molecule has 0 saturated heterocycles. The van der Waals surface area contributed by atoms with Gasteiger partial charge in [0.25, 0.3) is 0 Å². The molecule has 0 unspecified atom stereocenters. The molecule has 0 aliphatic carbocycles. The van der Waals surface area contributed by atoms with Crippen LogP contribution in [0.5, 0.6) is 0 Å². The van der Waals surface area contributed by atoms with Gasteiger partial charge in [-0.25, -0.2) is 14.8 Å². The largest absolute Gasteiger partial charge is 0.465 e. The number of para-hydroxylation sites is 1. The summed E-state index contributed by atoms with van der Waals surface area (Å²) < 4.78 is 4.74. The van der Waals surface area contributed by atoms with Crippen LogP contribution in [0.2, 0.25) is 0 Å². The number of methoxy groups -OCH3 is 1. The van der Waals surface area contributed by atoms with Gasteiger partial charge in [0.15, 0.2) is 5.78 Å². The lowest BCUT2D eigenvalue weighted by molar-refractivity contribution is -0.383. The molecule has 0 saturated carbocycles. The molecule has 0 fully saturated rings. The number of Topliss-reactive ketones (excluding diaryl/α,β-unsaturated/α-hetero) is 1. The van der Waals surface area contributed by atoms with Crippen LogP contribution in [0, 0.1) is 10.1 Å². The Bertz CT molecular complexity index is 1110. The minimum atomic E-state index is -0.630. The summed E-state index contributed by atoms with van der Waals surface area (Å²) >= 11 is 0. The predicted octanol–water partition coefficient (Wildman–Crippen LogP) is 3.86. The molecular weight excluding hydrogens is 390 g/mol. The minimum absolute atomic E-state index is 0.0522. The summed E-state index contributed by atoms with van der Waals surface area (Å²) in [6.45, 7) is 1.45. The van der Waals surface area contributed by atoms with Crippen molar-refractivity contribution in [3.63, 3.8) is 0 Å². The van der Waals surface area contributed by atoms with E-state index >= 15 is 0 Å². The van der Waals surface area contributed by atoms with Gasteiger partial charge in [-0.1, -0.05) is 12.1 Å². The van der Waals surface area contributed by atoms with Crippen LogP contribution in [0.4, 0.5) is 28.7 Å². The summed E-state index contributed by atoms with van der Waals surface area (Å²) in [5.74, 6) is -0.845. The van der Waals surface area contributed by atoms with Gasteiger partial charge in [0.1, 0.15) is 6.33 Å². The first-order valence-corrected chi connectivity index (χ1v) is 8.72. The van der Waals surface area contributed by atoms with Crippen molar-refractivity contribution < 1.29 is 19.2 Å². The minimum Gasteiger partial charge on any atom is -0.465 e. The van der Waals surface area contributed by atoms with E-state index in [4.69, 9.17) is 4.74 Å². The third-order valence-corrected chi connectivity index (χ3v) is 4.14. The highest BCUT2D eigenvalue weighted by atomic mass is 16.6. The Morgan fingerprint density at radius 1 is 1.00 bits per heavy atom. The van der Waals surface area contributed by atoms with Crippen molar-refractivity contribution in [3.8, 4) is 0 Å². The predicted molar refractivity (Wildman–Crippen MR) is 109 cm³/mol. The van der Waals surface area contributed by atoms with Crippen molar-refractivity contribution >= 4 is 40.5 Å². The molecule has 10 heteroatoms. The van der Waals surface area contributed by atoms with E-state index in [2.05, 4.69) is 20.6 Å². The Labute approximate surface area is 171 Å². The third-order valence-electron chi connectivity index (χ3n) is 4.14. The Morgan fingerprint density at radius 2 is 1.63 bits per heavy atom. The summed E-state index contributed by atoms with van der Waals surface area (Å²) in [7, 11) is 1.24. The number of esters is 1. The van der Waals surface area contributed by atoms with Gasteiger partial charge >= 0.3 is 11.7 Å². The van der Waals surface area contributed by atoms with Gasteiger partial charge in [-0.15, -0.1) is 0 Å². The number of ether oxygens (including phenoxy) is 1. The van der Waals surface area contributed by atoms with Crippen molar-refractivity contribution in [3.05, 3.63) is 76.1 Å². The smallest absolute Gasteiger partial charge is 0.353 e. The van der Waals surface area contributed by atoms with Crippen molar-refractivity contribution in [2.75, 3.05) is 17.7 Å². The molecule has 1 aromatic heterocycles. The Morgan fingerprint density at radius 3 is 2.23 bits per heavy atom. The maximum absolute atomic E-state index is 12.0. The third kappa shape index (κ3) is 4.38. The number of rotatable bonds is 7. The van der Waals surface area contributed by atoms with Crippen LogP contribution in [0.15, 0.2) is 54.9 Å². The van der Waals surface area contributed by atoms with E-state index in [-0.39, 0.29) is 23.0 Å². The van der Waals surface area contributed by atoms with Crippen molar-refractivity contribution in [1.29, 1.82) is 0 Å². The summed E-state index contributed by atoms with van der Waals surface area (Å²) in [5.41, 5.74) is 1.10. The molecule has 1 heterocycles. The molecule has 0 aliphatic heterocycles. The number of hydrogen-bond donors (Lipinski definition) is 2. The van der Waals surface area contributed by atoms with Crippen LogP contribution in [0.1, 0.15) is 27.6 Å². The van der Waals surface area contributed by atoms with Crippen LogP contribution in [-0.2, 0) is 4.74 Å². The second kappa shape index (κ2) is 8.78. The molecule has 0 aliphatic rings. The number of nitro groups is 1. The van der Waals surface area contributed by atoms with Crippen LogP contribution in [0.3, 0.4) is 0 Å². The second-order valence-corrected chi connectivity index (χ2v) is 6.10. The lowest BCUT2D eigenvalue weighted by Gasteiger charge is -2.12. The number of aromatic nitrogens is 2. The molecule has 0 radical (unpaired) electrons. The van der Waals surface area contributed by atoms with Gasteiger partial charge < -0.3 is 15.4 Å². The molecular formula is C20H17N5O5.